The van der Waals surface area contributed by atoms with Gasteiger partial charge in [0.2, 0.25) is 0 Å². The van der Waals surface area contributed by atoms with Crippen molar-refractivity contribution in [3.8, 4) is 225 Å². The Balaban J connectivity index is 0.410. The maximum absolute atomic E-state index is 5.00. The molecule has 0 bridgehead atoms. The summed E-state index contributed by atoms with van der Waals surface area (Å²) in [5.74, 6) is 0. The van der Waals surface area contributed by atoms with Crippen LogP contribution in [-0.4, -0.2) is 110 Å². The molecule has 0 aliphatic heterocycles. The molecule has 0 aliphatic carbocycles. The van der Waals surface area contributed by atoms with Crippen molar-refractivity contribution >= 4 is 249 Å². The van der Waals surface area contributed by atoms with Gasteiger partial charge in [0.05, 0.1) is 5.51 Å². The van der Waals surface area contributed by atoms with Gasteiger partial charge in [0.25, 0.3) is 0 Å². The minimum atomic E-state index is 0.789. The molecule has 0 amide bonds. The zero-order valence-corrected chi connectivity index (χ0v) is 71.6. The van der Waals surface area contributed by atoms with Gasteiger partial charge in [-0.05, 0) is 0 Å². The highest BCUT2D eigenvalue weighted by atomic mass is 32.2. The summed E-state index contributed by atoms with van der Waals surface area (Å²) in [7, 11) is 0. The molecule has 22 heterocycles. The zero-order chi connectivity index (χ0) is 72.3. The molecule has 22 aromatic rings. The van der Waals surface area contributed by atoms with Crippen LogP contribution in [0.2, 0.25) is 0 Å². The fourth-order valence-corrected chi connectivity index (χ4v) is 28.4. The van der Waals surface area contributed by atoms with Gasteiger partial charge in [-0.3, -0.25) is 0 Å². The van der Waals surface area contributed by atoms with Gasteiger partial charge in [-0.2, -0.15) is 0 Å². The molecule has 110 heavy (non-hydrogen) atoms. The second-order valence-corrected chi connectivity index (χ2v) is 41.2. The average molecular weight is 1830 g/mol. The van der Waals surface area contributed by atoms with Crippen molar-refractivity contribution in [2.24, 2.45) is 0 Å². The summed E-state index contributed by atoms with van der Waals surface area (Å²) in [5.41, 5.74) is 18.8. The maximum Gasteiger partial charge on any atom is 0.143 e. The van der Waals surface area contributed by atoms with Crippen molar-refractivity contribution in [1.82, 2.24) is 110 Å². The summed E-state index contributed by atoms with van der Waals surface area (Å²) in [6, 6.07) is 0. The molecule has 0 aliphatic rings. The smallest absolute Gasteiger partial charge is 0.143 e. The average Bonchev–Trinajstić information content (AvgIpc) is 1.66. The molecule has 0 N–H and O–H groups in total. The first kappa shape index (κ1) is 68.6. The highest BCUT2D eigenvalue weighted by Gasteiger charge is 2.25. The second-order valence-electron chi connectivity index (χ2n) is 22.4. The minimum absolute atomic E-state index is 0.789. The first-order chi connectivity index (χ1) is 54.3. The molecule has 22 nitrogen and oxygen atoms in total. The second kappa shape index (κ2) is 29.1. The van der Waals surface area contributed by atoms with Crippen molar-refractivity contribution < 1.29 is 0 Å². The van der Waals surface area contributed by atoms with Crippen LogP contribution in [-0.2, 0) is 0 Å². The van der Waals surface area contributed by atoms with E-state index in [1.807, 2.05) is 124 Å². The van der Waals surface area contributed by atoms with Gasteiger partial charge < -0.3 is 0 Å². The standard InChI is InChI=1S/C66H23N22S22/c1-2-90-46(67-1)26-4-92-48(69-26)28-6-94-50(71-28)30-8-96-52(73-30)32-10-98-54(75-32)34-12-100-56(77-34)36-14-102-58(79-36)38-16-104-60(81-38)40-18-106-62(83-40)42-20-108-64(85-42)44-22-110-66(87-44)45-23-109-65(88-45)43-21-107-63(86-43)41-19-105-61(84-41)39-17-103-59(82-39)37-15-101-57(80-37)35-13-99-55(78-35)33-11-97-53(76-33)31-9-95-51(74-31)29-7-93-49(72-29)27-5-91-47(70-27)25-3-89-24-68-25/h2-24H. The van der Waals surface area contributed by atoms with Gasteiger partial charge in [0, 0.05) is 118 Å². The molecule has 22 rings (SSSR count). The van der Waals surface area contributed by atoms with Gasteiger partial charge in [0.1, 0.15) is 231 Å². The molecule has 22 aromatic heterocycles. The van der Waals surface area contributed by atoms with Crippen molar-refractivity contribution in [2.45, 2.75) is 0 Å². The fraction of sp³-hybridized carbons (Fsp3) is 0. The number of nitrogens with zero attached hydrogens (tertiary/aromatic N) is 22. The lowest BCUT2D eigenvalue weighted by atomic mass is 10.4. The highest BCUT2D eigenvalue weighted by molar-refractivity contribution is 7.22. The van der Waals surface area contributed by atoms with E-state index < -0.39 is 0 Å². The number of rotatable bonds is 21. The zero-order valence-electron chi connectivity index (χ0n) is 53.6. The number of aromatic nitrogens is 22. The Hall–Kier alpha value is -8.14. The van der Waals surface area contributed by atoms with E-state index in [0.717, 1.165) is 225 Å². The van der Waals surface area contributed by atoms with Crippen LogP contribution in [0.1, 0.15) is 0 Å². The first-order valence-corrected chi connectivity index (χ1v) is 50.6. The molecule has 0 saturated heterocycles. The Bertz CT molecular complexity index is 6580. The van der Waals surface area contributed by atoms with Gasteiger partial charge in [-0.15, -0.1) is 249 Å². The third-order valence-electron chi connectivity index (χ3n) is 15.5. The minimum Gasteiger partial charge on any atom is -0.242 e. The van der Waals surface area contributed by atoms with Crippen LogP contribution in [0.3, 0.4) is 0 Å². The van der Waals surface area contributed by atoms with Crippen molar-refractivity contribution in [3.63, 3.8) is 0 Å². The Morgan fingerprint density at radius 3 is 0.400 bits per heavy atom. The molecule has 1 radical (unpaired) electrons. The van der Waals surface area contributed by atoms with Crippen molar-refractivity contribution in [3.05, 3.63) is 130 Å². The Kier molecular flexibility index (Phi) is 18.2. The van der Waals surface area contributed by atoms with Crippen molar-refractivity contribution in [1.29, 1.82) is 0 Å². The lowest BCUT2D eigenvalue weighted by Crippen LogP contribution is -1.83. The predicted octanol–water partition coefficient (Wildman–Crippen LogP) is 24.5. The summed E-state index contributed by atoms with van der Waals surface area (Å²) >= 11 is 34.0. The van der Waals surface area contributed by atoms with Crippen LogP contribution < -0.4 is 0 Å². The largest absolute Gasteiger partial charge is 0.242 e. The van der Waals surface area contributed by atoms with Gasteiger partial charge in [-0.25, -0.2) is 110 Å². The van der Waals surface area contributed by atoms with E-state index in [9.17, 15) is 0 Å². The molecule has 529 valence electrons. The van der Waals surface area contributed by atoms with E-state index in [-0.39, 0.29) is 0 Å². The topological polar surface area (TPSA) is 284 Å². The van der Waals surface area contributed by atoms with Crippen LogP contribution in [0.15, 0.2) is 124 Å². The van der Waals surface area contributed by atoms with Crippen molar-refractivity contribution in [2.75, 3.05) is 0 Å². The molecule has 0 saturated carbocycles. The highest BCUT2D eigenvalue weighted by Crippen LogP contribution is 2.45. The fourth-order valence-electron chi connectivity index (χ4n) is 10.4. The third kappa shape index (κ3) is 13.4. The molecular weight excluding hydrogens is 1810 g/mol. The summed E-state index contributed by atoms with van der Waals surface area (Å²) in [6.45, 7) is 0. The quantitative estimate of drug-likeness (QED) is 0.0646. The molecule has 0 atom stereocenters. The van der Waals surface area contributed by atoms with E-state index in [2.05, 4.69) is 16.2 Å². The molecule has 44 heteroatoms. The van der Waals surface area contributed by atoms with Gasteiger partial charge >= 0.3 is 0 Å². The van der Waals surface area contributed by atoms with Gasteiger partial charge in [-0.1, -0.05) is 0 Å². The Labute approximate surface area is 705 Å². The van der Waals surface area contributed by atoms with Crippen LogP contribution in [0.5, 0.6) is 0 Å². The monoisotopic (exact) mass is 1830 g/mol. The van der Waals surface area contributed by atoms with Gasteiger partial charge in [0.15, 0.2) is 0 Å². The Morgan fingerprint density at radius 1 is 0.145 bits per heavy atom. The van der Waals surface area contributed by atoms with E-state index >= 15 is 0 Å². The Morgan fingerprint density at radius 2 is 0.282 bits per heavy atom. The van der Waals surface area contributed by atoms with Crippen LogP contribution in [0.4, 0.5) is 0 Å². The summed E-state index contributed by atoms with van der Waals surface area (Å²) < 4.78 is 0. The lowest BCUT2D eigenvalue weighted by Gasteiger charge is -1.91. The lowest BCUT2D eigenvalue weighted by molar-refractivity contribution is 1.28. The third-order valence-corrected chi connectivity index (χ3v) is 34.1. The molecule has 0 aromatic carbocycles. The first-order valence-electron chi connectivity index (χ1n) is 31.2. The van der Waals surface area contributed by atoms with E-state index in [0.29, 0.717) is 0 Å². The normalized spacial score (nSPS) is 11.8. The van der Waals surface area contributed by atoms with E-state index in [1.165, 1.54) is 90.7 Å². The van der Waals surface area contributed by atoms with E-state index in [4.69, 9.17) is 99.7 Å². The molecule has 0 unspecified atom stereocenters. The van der Waals surface area contributed by atoms with E-state index in [1.54, 1.807) is 159 Å². The maximum atomic E-state index is 5.00. The van der Waals surface area contributed by atoms with Crippen LogP contribution in [0.25, 0.3) is 225 Å². The summed E-state index contributed by atoms with van der Waals surface area (Å²) in [5, 5.41) is 61.6. The number of hydrogen-bond acceptors (Lipinski definition) is 44. The molecule has 0 fully saturated rings. The summed E-state index contributed by atoms with van der Waals surface area (Å²) in [4.78, 5) is 108. The number of hydrogen-bond donors (Lipinski definition) is 0. The SMILES string of the molecule is [c]1csc(-c2csc(-c3csc(-c4csc(-c5csc(-c6csc(-c7csc(-c8csc(-c9csc(-c%10csc(-c%11csc(-c%12csc(-c%13csc(-c%14csc(-c%15csc(-c%16csc(-c%17csc(-c%18csc(-c%19csc(-c%20csc(-c%21csc(-c%22cscn%22)n%21)n%20)n%19)n%18)n%17)n%16)n%15)n%14)n%13)n%12)n%11)n%10)n9)n8)n7)n6)n5)n4)n3)n2)n1. The van der Waals surface area contributed by atoms with Crippen LogP contribution >= 0.6 is 249 Å². The summed E-state index contributed by atoms with van der Waals surface area (Å²) in [6.07, 6.45) is 2.86. The molecular formula is C66H23N22S22. The molecule has 0 spiro atoms. The predicted molar refractivity (Wildman–Crippen MR) is 464 cm³/mol. The number of thiazole rings is 22. The van der Waals surface area contributed by atoms with Crippen LogP contribution in [0, 0.1) is 6.20 Å².